The zero-order valence-corrected chi connectivity index (χ0v) is 33.5. The van der Waals surface area contributed by atoms with E-state index in [9.17, 15) is 27.6 Å². The molecule has 5 atom stereocenters. The van der Waals surface area contributed by atoms with Crippen LogP contribution in [0.15, 0.2) is 43.0 Å². The molecule has 2 aliphatic heterocycles. The predicted octanol–water partition coefficient (Wildman–Crippen LogP) is 5.00. The fraction of sp³-hybridized carbons (Fsp3) is 0.610. The van der Waals surface area contributed by atoms with Gasteiger partial charge in [0.2, 0.25) is 21.8 Å². The number of sulfonamides is 1. The summed E-state index contributed by atoms with van der Waals surface area (Å²) in [5.74, 6) is -1.70. The van der Waals surface area contributed by atoms with Crippen LogP contribution in [0.2, 0.25) is 0 Å². The van der Waals surface area contributed by atoms with Crippen molar-refractivity contribution in [1.29, 1.82) is 0 Å². The van der Waals surface area contributed by atoms with Gasteiger partial charge in [-0.25, -0.2) is 13.2 Å². The molecule has 300 valence electrons. The number of nitrogens with zero attached hydrogens (tertiary/aromatic N) is 1. The maximum atomic E-state index is 14.8. The van der Waals surface area contributed by atoms with Gasteiger partial charge in [0.15, 0.2) is 0 Å². The zero-order valence-electron chi connectivity index (χ0n) is 32.7. The molecule has 4 aliphatic rings. The maximum Gasteiger partial charge on any atom is 0.407 e. The molecule has 6 rings (SSSR count). The predicted molar refractivity (Wildman–Crippen MR) is 208 cm³/mol. The van der Waals surface area contributed by atoms with Crippen molar-refractivity contribution >= 4 is 44.6 Å². The number of alkyl carbamates (subject to hydrolysis) is 1. The number of ether oxygens (including phenoxy) is 3. The van der Waals surface area contributed by atoms with E-state index in [0.717, 1.165) is 66.2 Å². The van der Waals surface area contributed by atoms with Gasteiger partial charge in [-0.3, -0.25) is 19.1 Å². The van der Waals surface area contributed by atoms with E-state index < -0.39 is 73.6 Å². The summed E-state index contributed by atoms with van der Waals surface area (Å²) < 4.78 is 45.4. The highest BCUT2D eigenvalue weighted by atomic mass is 32.2. The van der Waals surface area contributed by atoms with E-state index in [2.05, 4.69) is 28.0 Å². The van der Waals surface area contributed by atoms with Crippen LogP contribution in [0, 0.1) is 11.3 Å². The van der Waals surface area contributed by atoms with Crippen LogP contribution in [0.3, 0.4) is 0 Å². The monoisotopic (exact) mass is 780 g/mol. The lowest BCUT2D eigenvalue weighted by Gasteiger charge is -2.36. The SMILES string of the molecule is C=C[C@@H]1C[C@]1(NC(=O)[C@@H]1C[C@]2(OC)CN1C(=O)[C@H](C(C)(C)C)NC(=O)OCCCCCCCCc1cc3cc2ccc3cc1OC)C(=O)NS(=O)(=O)C1CC1. The number of aryl methyl sites for hydroxylation is 1. The smallest absolute Gasteiger partial charge is 0.407 e. The molecule has 0 spiro atoms. The number of cyclic esters (lactones) is 1. The number of rotatable bonds is 8. The average Bonchev–Trinajstić information content (AvgIpc) is 4.08. The molecule has 55 heavy (non-hydrogen) atoms. The third kappa shape index (κ3) is 8.50. The zero-order chi connectivity index (χ0) is 39.8. The largest absolute Gasteiger partial charge is 0.496 e. The third-order valence-electron chi connectivity index (χ3n) is 11.8. The quantitative estimate of drug-likeness (QED) is 0.312. The van der Waals surface area contributed by atoms with Crippen molar-refractivity contribution in [2.75, 3.05) is 27.4 Å². The normalized spacial score (nSPS) is 28.2. The second kappa shape index (κ2) is 15.8. The fourth-order valence-corrected chi connectivity index (χ4v) is 9.45. The van der Waals surface area contributed by atoms with Gasteiger partial charge in [0, 0.05) is 19.4 Å². The van der Waals surface area contributed by atoms with Crippen LogP contribution in [0.25, 0.3) is 10.8 Å². The topological polar surface area (TPSA) is 169 Å². The molecule has 13 nitrogen and oxygen atoms in total. The molecule has 3 N–H and O–H groups in total. The molecule has 3 fully saturated rings. The molecule has 5 bridgehead atoms. The first-order valence-electron chi connectivity index (χ1n) is 19.5. The van der Waals surface area contributed by atoms with Gasteiger partial charge < -0.3 is 29.7 Å². The summed E-state index contributed by atoms with van der Waals surface area (Å²) in [4.78, 5) is 57.6. The molecule has 0 radical (unpaired) electrons. The Morgan fingerprint density at radius 2 is 1.71 bits per heavy atom. The second-order valence-electron chi connectivity index (χ2n) is 16.7. The lowest BCUT2D eigenvalue weighted by molar-refractivity contribution is -0.143. The summed E-state index contributed by atoms with van der Waals surface area (Å²) in [6, 6.07) is 7.83. The Labute approximate surface area is 324 Å². The van der Waals surface area contributed by atoms with Gasteiger partial charge in [0.1, 0.15) is 29.0 Å². The maximum absolute atomic E-state index is 14.8. The highest BCUT2D eigenvalue weighted by Crippen LogP contribution is 2.47. The Balaban J connectivity index is 1.40. The molecule has 2 aromatic carbocycles. The Bertz CT molecular complexity index is 1940. The second-order valence-corrected chi connectivity index (χ2v) is 18.7. The van der Waals surface area contributed by atoms with Gasteiger partial charge >= 0.3 is 6.09 Å². The van der Waals surface area contributed by atoms with Gasteiger partial charge in [-0.15, -0.1) is 6.58 Å². The van der Waals surface area contributed by atoms with Crippen LogP contribution in [-0.2, 0) is 45.9 Å². The number of methoxy groups -OCH3 is 2. The molecular weight excluding hydrogens is 725 g/mol. The van der Waals surface area contributed by atoms with Crippen molar-refractivity contribution in [3.8, 4) is 5.75 Å². The molecular formula is C41H56N4O9S. The number of hydrogen-bond acceptors (Lipinski definition) is 9. The summed E-state index contributed by atoms with van der Waals surface area (Å²) >= 11 is 0. The Morgan fingerprint density at radius 3 is 2.35 bits per heavy atom. The highest BCUT2D eigenvalue weighted by Gasteiger charge is 2.62. The number of fused-ring (bicyclic) bond motifs is 5. The van der Waals surface area contributed by atoms with E-state index in [0.29, 0.717) is 19.3 Å². The first-order chi connectivity index (χ1) is 26.1. The van der Waals surface area contributed by atoms with Crippen molar-refractivity contribution < 1.29 is 41.8 Å². The minimum Gasteiger partial charge on any atom is -0.496 e. The van der Waals surface area contributed by atoms with E-state index in [1.54, 1.807) is 7.11 Å². The summed E-state index contributed by atoms with van der Waals surface area (Å²) in [7, 11) is -0.692. The number of carbonyl (C=O) groups excluding carboxylic acids is 4. The first kappa shape index (κ1) is 40.5. The van der Waals surface area contributed by atoms with Crippen LogP contribution >= 0.6 is 0 Å². The Morgan fingerprint density at radius 1 is 1.00 bits per heavy atom. The summed E-state index contributed by atoms with van der Waals surface area (Å²) in [5.41, 5.74) is -1.69. The van der Waals surface area contributed by atoms with E-state index in [1.165, 1.54) is 18.1 Å². The lowest BCUT2D eigenvalue weighted by atomic mass is 9.85. The van der Waals surface area contributed by atoms with Crippen molar-refractivity contribution in [3.63, 3.8) is 0 Å². The Kier molecular flexibility index (Phi) is 11.6. The van der Waals surface area contributed by atoms with Crippen molar-refractivity contribution in [3.05, 3.63) is 54.1 Å². The van der Waals surface area contributed by atoms with E-state index in [-0.39, 0.29) is 26.0 Å². The number of benzene rings is 2. The van der Waals surface area contributed by atoms with Gasteiger partial charge in [0.25, 0.3) is 5.91 Å². The van der Waals surface area contributed by atoms with Crippen molar-refractivity contribution in [1.82, 2.24) is 20.3 Å². The minimum absolute atomic E-state index is 0.0216. The van der Waals surface area contributed by atoms with E-state index in [1.807, 2.05) is 45.0 Å². The number of amides is 4. The number of nitrogens with one attached hydrogen (secondary N) is 3. The van der Waals surface area contributed by atoms with Crippen LogP contribution in [0.5, 0.6) is 5.75 Å². The molecule has 0 aromatic heterocycles. The van der Waals surface area contributed by atoms with Crippen LogP contribution in [0.4, 0.5) is 4.79 Å². The van der Waals surface area contributed by atoms with Gasteiger partial charge in [-0.1, -0.05) is 64.7 Å². The summed E-state index contributed by atoms with van der Waals surface area (Å²) in [6.07, 6.45) is 8.44. The van der Waals surface area contributed by atoms with Crippen LogP contribution in [0.1, 0.15) is 96.1 Å². The Hall–Kier alpha value is -4.17. The van der Waals surface area contributed by atoms with Gasteiger partial charge in [-0.05, 0) is 84.0 Å². The molecule has 0 unspecified atom stereocenters. The van der Waals surface area contributed by atoms with E-state index in [4.69, 9.17) is 14.2 Å². The lowest BCUT2D eigenvalue weighted by Crippen LogP contribution is -2.60. The van der Waals surface area contributed by atoms with E-state index >= 15 is 0 Å². The highest BCUT2D eigenvalue weighted by molar-refractivity contribution is 7.91. The third-order valence-corrected chi connectivity index (χ3v) is 13.6. The van der Waals surface area contributed by atoms with Crippen molar-refractivity contribution in [2.24, 2.45) is 11.3 Å². The molecule has 1 saturated heterocycles. The minimum atomic E-state index is -3.90. The first-order valence-corrected chi connectivity index (χ1v) is 21.0. The average molecular weight is 781 g/mol. The number of carbonyl (C=O) groups is 4. The summed E-state index contributed by atoms with van der Waals surface area (Å²) in [6.45, 7) is 9.43. The van der Waals surface area contributed by atoms with Crippen LogP contribution in [-0.4, -0.2) is 87.4 Å². The van der Waals surface area contributed by atoms with Gasteiger partial charge in [0.05, 0.1) is 25.5 Å². The van der Waals surface area contributed by atoms with Gasteiger partial charge in [-0.2, -0.15) is 0 Å². The standard InChI is InChI=1S/C41H56N4O9S/c1-7-29-23-41(29,37(48)44-55(50,51)31-17-18-31)43-35(46)32-24-40(53-6)25-45(32)36(47)34(39(2,3)4)42-38(49)54-19-13-11-9-8-10-12-14-27-20-28-21-30(40)16-15-26(28)22-33(27)52-5/h7,15-16,20-22,29,31-32,34H,1,8-14,17-19,23-25H2,2-6H3,(H,42,49)(H,43,46)(H,44,48)/t29-,32+,34-,40+,41-/m1/s1. The van der Waals surface area contributed by atoms with Crippen LogP contribution < -0.4 is 20.1 Å². The summed E-state index contributed by atoms with van der Waals surface area (Å²) in [5, 5.41) is 6.92. The molecule has 2 aliphatic carbocycles. The molecule has 14 heteroatoms. The number of hydrogen-bond donors (Lipinski definition) is 3. The molecule has 2 aromatic rings. The molecule has 4 amide bonds. The van der Waals surface area contributed by atoms with Crippen molar-refractivity contribution in [2.45, 2.75) is 120 Å². The molecule has 2 heterocycles. The fourth-order valence-electron chi connectivity index (χ4n) is 8.09. The molecule has 2 saturated carbocycles.